The van der Waals surface area contributed by atoms with Crippen LogP contribution >= 0.6 is 11.6 Å². The van der Waals surface area contributed by atoms with Gasteiger partial charge in [-0.05, 0) is 35.9 Å². The van der Waals surface area contributed by atoms with E-state index in [1.165, 1.54) is 24.3 Å². The lowest BCUT2D eigenvalue weighted by molar-refractivity contribution is -0.138. The molecule has 0 aliphatic rings. The van der Waals surface area contributed by atoms with Crippen LogP contribution in [0.25, 0.3) is 11.7 Å². The number of carbonyl (C=O) groups excluding carboxylic acids is 1. The topological polar surface area (TPSA) is 43.6 Å². The standard InChI is InChI=1S/C17H12ClFN2O2/c18-17-14(21-9-2-1-6-15(21)20-17)7-8-16(22)23-11-12-4-3-5-13(19)10-12/h1-10H,11H2/b8-7+. The summed E-state index contributed by atoms with van der Waals surface area (Å²) in [5, 5.41) is 0.297. The molecule has 4 nitrogen and oxygen atoms in total. The number of imidazole rings is 1. The maximum absolute atomic E-state index is 13.0. The zero-order valence-electron chi connectivity index (χ0n) is 11.9. The van der Waals surface area contributed by atoms with Gasteiger partial charge in [0.05, 0.1) is 5.69 Å². The Bertz CT molecular complexity index is 889. The number of hydrogen-bond donors (Lipinski definition) is 0. The highest BCUT2D eigenvalue weighted by atomic mass is 35.5. The quantitative estimate of drug-likeness (QED) is 0.538. The summed E-state index contributed by atoms with van der Waals surface area (Å²) in [7, 11) is 0. The van der Waals surface area contributed by atoms with E-state index in [2.05, 4.69) is 4.98 Å². The van der Waals surface area contributed by atoms with Crippen LogP contribution in [0.4, 0.5) is 4.39 Å². The molecular formula is C17H12ClFN2O2. The summed E-state index contributed by atoms with van der Waals surface area (Å²) in [6, 6.07) is 11.4. The van der Waals surface area contributed by atoms with Crippen LogP contribution in [-0.4, -0.2) is 15.4 Å². The average Bonchev–Trinajstić information content (AvgIpc) is 2.86. The first kappa shape index (κ1) is 15.2. The third-order valence-corrected chi connectivity index (χ3v) is 3.45. The molecule has 0 amide bonds. The Hall–Kier alpha value is -2.66. The molecule has 23 heavy (non-hydrogen) atoms. The fraction of sp³-hybridized carbons (Fsp3) is 0.0588. The maximum atomic E-state index is 13.0. The second-order valence-electron chi connectivity index (χ2n) is 4.79. The number of pyridine rings is 1. The lowest BCUT2D eigenvalue weighted by atomic mass is 10.2. The normalized spacial score (nSPS) is 11.2. The molecule has 0 atom stereocenters. The second-order valence-corrected chi connectivity index (χ2v) is 5.15. The van der Waals surface area contributed by atoms with Crippen LogP contribution in [0.2, 0.25) is 5.15 Å². The Labute approximate surface area is 136 Å². The van der Waals surface area contributed by atoms with E-state index in [0.717, 1.165) is 0 Å². The molecule has 1 aromatic carbocycles. The number of esters is 1. The predicted octanol–water partition coefficient (Wildman–Crippen LogP) is 3.88. The number of nitrogens with zero attached hydrogens (tertiary/aromatic N) is 2. The molecule has 0 radical (unpaired) electrons. The average molecular weight is 331 g/mol. The Morgan fingerprint density at radius 1 is 1.30 bits per heavy atom. The third kappa shape index (κ3) is 3.57. The van der Waals surface area contributed by atoms with Gasteiger partial charge in [-0.1, -0.05) is 29.8 Å². The van der Waals surface area contributed by atoms with Crippen molar-refractivity contribution in [1.82, 2.24) is 9.38 Å². The highest BCUT2D eigenvalue weighted by molar-refractivity contribution is 6.31. The van der Waals surface area contributed by atoms with E-state index in [1.807, 2.05) is 18.2 Å². The van der Waals surface area contributed by atoms with Crippen molar-refractivity contribution in [2.24, 2.45) is 0 Å². The molecule has 2 heterocycles. The summed E-state index contributed by atoms with van der Waals surface area (Å²) in [5.41, 5.74) is 1.86. The number of rotatable bonds is 4. The Morgan fingerprint density at radius 3 is 3.00 bits per heavy atom. The fourth-order valence-corrected chi connectivity index (χ4v) is 2.35. The number of carbonyl (C=O) groups is 1. The zero-order chi connectivity index (χ0) is 16.2. The molecular weight excluding hydrogens is 319 g/mol. The molecule has 0 saturated heterocycles. The van der Waals surface area contributed by atoms with Crippen molar-refractivity contribution in [3.8, 4) is 0 Å². The van der Waals surface area contributed by atoms with Gasteiger partial charge in [-0.25, -0.2) is 14.2 Å². The number of fused-ring (bicyclic) bond motifs is 1. The summed E-state index contributed by atoms with van der Waals surface area (Å²) in [6.45, 7) is 0.00180. The molecule has 0 saturated carbocycles. The van der Waals surface area contributed by atoms with Crippen LogP contribution in [0.15, 0.2) is 54.7 Å². The number of halogens is 2. The Balaban J connectivity index is 1.69. The van der Waals surface area contributed by atoms with Gasteiger partial charge in [-0.15, -0.1) is 0 Å². The van der Waals surface area contributed by atoms with Gasteiger partial charge in [-0.3, -0.25) is 4.40 Å². The van der Waals surface area contributed by atoms with Crippen LogP contribution in [0, 0.1) is 5.82 Å². The number of benzene rings is 1. The van der Waals surface area contributed by atoms with E-state index < -0.39 is 5.97 Å². The van der Waals surface area contributed by atoms with Gasteiger partial charge < -0.3 is 4.74 Å². The number of ether oxygens (including phenoxy) is 1. The monoisotopic (exact) mass is 330 g/mol. The molecule has 6 heteroatoms. The van der Waals surface area contributed by atoms with Crippen molar-refractivity contribution in [1.29, 1.82) is 0 Å². The minimum atomic E-state index is -0.545. The molecule has 0 N–H and O–H groups in total. The Morgan fingerprint density at radius 2 is 2.17 bits per heavy atom. The van der Waals surface area contributed by atoms with E-state index in [1.54, 1.807) is 22.7 Å². The molecule has 0 spiro atoms. The first-order valence-electron chi connectivity index (χ1n) is 6.85. The lowest BCUT2D eigenvalue weighted by Gasteiger charge is -2.02. The van der Waals surface area contributed by atoms with Gasteiger partial charge in [0.25, 0.3) is 0 Å². The predicted molar refractivity (Wildman–Crippen MR) is 85.4 cm³/mol. The zero-order valence-corrected chi connectivity index (χ0v) is 12.7. The number of aromatic nitrogens is 2. The van der Waals surface area contributed by atoms with E-state index in [4.69, 9.17) is 16.3 Å². The number of hydrogen-bond acceptors (Lipinski definition) is 3. The molecule has 0 aliphatic heterocycles. The maximum Gasteiger partial charge on any atom is 0.331 e. The van der Waals surface area contributed by atoms with Gasteiger partial charge >= 0.3 is 5.97 Å². The largest absolute Gasteiger partial charge is 0.458 e. The van der Waals surface area contributed by atoms with Crippen LogP contribution in [-0.2, 0) is 16.1 Å². The van der Waals surface area contributed by atoms with E-state index in [-0.39, 0.29) is 12.4 Å². The first-order chi connectivity index (χ1) is 11.1. The fourth-order valence-electron chi connectivity index (χ4n) is 2.11. The molecule has 0 unspecified atom stereocenters. The molecule has 116 valence electrons. The van der Waals surface area contributed by atoms with Gasteiger partial charge in [0, 0.05) is 12.3 Å². The summed E-state index contributed by atoms with van der Waals surface area (Å²) in [5.74, 6) is -0.914. The van der Waals surface area contributed by atoms with Gasteiger partial charge in [0.1, 0.15) is 18.1 Å². The van der Waals surface area contributed by atoms with Crippen LogP contribution in [0.3, 0.4) is 0 Å². The van der Waals surface area contributed by atoms with Crippen molar-refractivity contribution in [3.63, 3.8) is 0 Å². The first-order valence-corrected chi connectivity index (χ1v) is 7.23. The third-order valence-electron chi connectivity index (χ3n) is 3.17. The summed E-state index contributed by atoms with van der Waals surface area (Å²) < 4.78 is 19.9. The van der Waals surface area contributed by atoms with Crippen LogP contribution in [0.1, 0.15) is 11.3 Å². The second kappa shape index (κ2) is 6.62. The minimum Gasteiger partial charge on any atom is -0.458 e. The molecule has 3 aromatic rings. The summed E-state index contributed by atoms with van der Waals surface area (Å²) >= 11 is 6.06. The van der Waals surface area contributed by atoms with Gasteiger partial charge in [-0.2, -0.15) is 0 Å². The molecule has 0 aliphatic carbocycles. The van der Waals surface area contributed by atoms with E-state index in [0.29, 0.717) is 22.1 Å². The van der Waals surface area contributed by atoms with Crippen molar-refractivity contribution < 1.29 is 13.9 Å². The summed E-state index contributed by atoms with van der Waals surface area (Å²) in [6.07, 6.45) is 4.60. The van der Waals surface area contributed by atoms with Gasteiger partial charge in [0.2, 0.25) is 0 Å². The van der Waals surface area contributed by atoms with Crippen LogP contribution in [0.5, 0.6) is 0 Å². The van der Waals surface area contributed by atoms with Crippen molar-refractivity contribution >= 4 is 29.3 Å². The summed E-state index contributed by atoms with van der Waals surface area (Å²) in [4.78, 5) is 15.9. The van der Waals surface area contributed by atoms with Crippen LogP contribution < -0.4 is 0 Å². The van der Waals surface area contributed by atoms with E-state index >= 15 is 0 Å². The molecule has 0 fully saturated rings. The van der Waals surface area contributed by atoms with E-state index in [9.17, 15) is 9.18 Å². The van der Waals surface area contributed by atoms with Gasteiger partial charge in [0.15, 0.2) is 5.15 Å². The van der Waals surface area contributed by atoms with Crippen molar-refractivity contribution in [2.75, 3.05) is 0 Å². The Kier molecular flexibility index (Phi) is 4.39. The van der Waals surface area contributed by atoms with Crippen molar-refractivity contribution in [2.45, 2.75) is 6.61 Å². The SMILES string of the molecule is O=C(/C=C/c1c(Cl)nc2ccccn12)OCc1cccc(F)c1. The lowest BCUT2D eigenvalue weighted by Crippen LogP contribution is -2.01. The molecule has 3 rings (SSSR count). The highest BCUT2D eigenvalue weighted by Crippen LogP contribution is 2.18. The van der Waals surface area contributed by atoms with Crippen molar-refractivity contribution in [3.05, 3.63) is 77.0 Å². The molecule has 0 bridgehead atoms. The minimum absolute atomic E-state index is 0.00180. The molecule has 2 aromatic heterocycles. The highest BCUT2D eigenvalue weighted by Gasteiger charge is 2.07. The smallest absolute Gasteiger partial charge is 0.331 e.